The van der Waals surface area contributed by atoms with Gasteiger partial charge in [0.15, 0.2) is 11.5 Å². The molecule has 0 unspecified atom stereocenters. The lowest BCUT2D eigenvalue weighted by molar-refractivity contribution is -0.396. The number of carbonyl (C=O) groups excluding carboxylic acids is 1. The number of alkyl halides is 18. The van der Waals surface area contributed by atoms with Gasteiger partial charge in [-0.2, -0.15) is 79.0 Å². The second-order valence-electron chi connectivity index (χ2n) is 11.9. The number of aliphatic hydroxyl groups excluding tert-OH is 2. The first-order valence-corrected chi connectivity index (χ1v) is 15.8. The van der Waals surface area contributed by atoms with Gasteiger partial charge in [-0.05, 0) is 43.9 Å². The summed E-state index contributed by atoms with van der Waals surface area (Å²) in [5.41, 5.74) is -0.142. The lowest BCUT2D eigenvalue weighted by Crippen LogP contribution is -2.60. The standard InChI is InChI=1S/C30H35F18NO5/c31-23(32,25(35,36)27(39,40)29(43,44)45)11-5-1-3-7-13-53-20-10-9-18(22(52)49-19(16-50)17-51)15-21(20)54-14-8-4-2-6-12-24(33,34)26(37,38)28(41,42)30(46,47)48/h9-10,15,19,50-51H,1-8,11-14,16-17H2,(H,49,52). The van der Waals surface area contributed by atoms with Crippen LogP contribution in [0.4, 0.5) is 79.0 Å². The first-order valence-electron chi connectivity index (χ1n) is 15.8. The van der Waals surface area contributed by atoms with Crippen molar-refractivity contribution in [3.8, 4) is 11.5 Å². The zero-order valence-corrected chi connectivity index (χ0v) is 27.6. The number of aliphatic hydroxyl groups is 2. The number of nitrogens with one attached hydrogen (secondary N) is 1. The zero-order valence-electron chi connectivity index (χ0n) is 27.6. The topological polar surface area (TPSA) is 88.0 Å². The number of halogens is 18. The zero-order chi connectivity index (χ0) is 42.0. The van der Waals surface area contributed by atoms with Crippen molar-refractivity contribution in [2.24, 2.45) is 0 Å². The van der Waals surface area contributed by atoms with Crippen molar-refractivity contribution < 1.29 is 104 Å². The lowest BCUT2D eigenvalue weighted by atomic mass is 9.98. The van der Waals surface area contributed by atoms with Crippen molar-refractivity contribution in [3.63, 3.8) is 0 Å². The van der Waals surface area contributed by atoms with E-state index in [9.17, 15) is 94.0 Å². The molecule has 0 atom stereocenters. The summed E-state index contributed by atoms with van der Waals surface area (Å²) in [6.45, 7) is -1.92. The number of carbonyl (C=O) groups is 1. The van der Waals surface area contributed by atoms with E-state index in [1.165, 1.54) is 12.1 Å². The van der Waals surface area contributed by atoms with Crippen molar-refractivity contribution in [2.45, 2.75) is 118 Å². The van der Waals surface area contributed by atoms with Crippen molar-refractivity contribution in [2.75, 3.05) is 26.4 Å². The van der Waals surface area contributed by atoms with Crippen LogP contribution in [0.2, 0.25) is 0 Å². The third kappa shape index (κ3) is 11.7. The Morgan fingerprint density at radius 2 is 0.907 bits per heavy atom. The molecular formula is C30H35F18NO5. The Labute approximate surface area is 295 Å². The Kier molecular flexibility index (Phi) is 17.0. The van der Waals surface area contributed by atoms with Crippen molar-refractivity contribution in [1.29, 1.82) is 0 Å². The molecule has 0 spiro atoms. The molecule has 54 heavy (non-hydrogen) atoms. The third-order valence-electron chi connectivity index (χ3n) is 7.69. The third-order valence-corrected chi connectivity index (χ3v) is 7.69. The molecule has 316 valence electrons. The molecule has 0 aliphatic rings. The Balaban J connectivity index is 2.80. The highest BCUT2D eigenvalue weighted by Gasteiger charge is 2.82. The predicted octanol–water partition coefficient (Wildman–Crippen LogP) is 9.36. The summed E-state index contributed by atoms with van der Waals surface area (Å²) in [5, 5.41) is 20.6. The normalized spacial score (nSPS) is 14.1. The van der Waals surface area contributed by atoms with Gasteiger partial charge >= 0.3 is 47.9 Å². The van der Waals surface area contributed by atoms with Crippen LogP contribution in [0.3, 0.4) is 0 Å². The average molecular weight is 832 g/mol. The Morgan fingerprint density at radius 1 is 0.537 bits per heavy atom. The summed E-state index contributed by atoms with van der Waals surface area (Å²) < 4.78 is 245. The fourth-order valence-electron chi connectivity index (χ4n) is 4.40. The average Bonchev–Trinajstić information content (AvgIpc) is 3.05. The highest BCUT2D eigenvalue weighted by atomic mass is 19.4. The number of amides is 1. The van der Waals surface area contributed by atoms with Gasteiger partial charge < -0.3 is 25.0 Å². The maximum atomic E-state index is 13.7. The molecule has 0 saturated heterocycles. The van der Waals surface area contributed by atoms with Crippen LogP contribution in [0.25, 0.3) is 0 Å². The molecule has 6 nitrogen and oxygen atoms in total. The summed E-state index contributed by atoms with van der Waals surface area (Å²) in [6.07, 6.45) is -20.7. The molecule has 1 amide bonds. The molecule has 3 N–H and O–H groups in total. The minimum absolute atomic E-state index is 0.0321. The highest BCUT2D eigenvalue weighted by Crippen LogP contribution is 2.55. The molecule has 1 aromatic carbocycles. The minimum atomic E-state index is -7.01. The molecule has 0 aromatic heterocycles. The molecule has 0 aliphatic heterocycles. The number of unbranched alkanes of at least 4 members (excludes halogenated alkanes) is 6. The van der Waals surface area contributed by atoms with Gasteiger partial charge in [0.1, 0.15) is 0 Å². The molecule has 24 heteroatoms. The Bertz CT molecular complexity index is 1320. The number of benzene rings is 1. The van der Waals surface area contributed by atoms with Crippen LogP contribution in [0, 0.1) is 0 Å². The SMILES string of the molecule is O=C(NC(CO)CO)c1ccc(OCCCCCCC(F)(F)C(F)(F)C(F)(F)C(F)(F)F)c(OCCCCCCC(F)(F)C(F)(F)C(F)(F)C(F)(F)F)c1. The van der Waals surface area contributed by atoms with E-state index in [4.69, 9.17) is 9.47 Å². The first-order chi connectivity index (χ1) is 24.4. The summed E-state index contributed by atoms with van der Waals surface area (Å²) in [7, 11) is 0. The smallest absolute Gasteiger partial charge is 0.460 e. The summed E-state index contributed by atoms with van der Waals surface area (Å²) in [4.78, 5) is 12.5. The van der Waals surface area contributed by atoms with Gasteiger partial charge in [-0.1, -0.05) is 25.7 Å². The van der Waals surface area contributed by atoms with Crippen molar-refractivity contribution >= 4 is 5.91 Å². The summed E-state index contributed by atoms with van der Waals surface area (Å²) in [5.74, 6) is -40.1. The summed E-state index contributed by atoms with van der Waals surface area (Å²) in [6, 6.07) is 2.33. The molecule has 0 bridgehead atoms. The van der Waals surface area contributed by atoms with Crippen LogP contribution in [-0.2, 0) is 0 Å². The number of hydrogen-bond donors (Lipinski definition) is 3. The second kappa shape index (κ2) is 18.7. The van der Waals surface area contributed by atoms with Crippen LogP contribution in [-0.4, -0.2) is 96.5 Å². The maximum absolute atomic E-state index is 13.7. The quantitative estimate of drug-likeness (QED) is 0.0715. The van der Waals surface area contributed by atoms with Gasteiger partial charge in [-0.15, -0.1) is 0 Å². The van der Waals surface area contributed by atoms with Gasteiger partial charge in [0.05, 0.1) is 32.5 Å². The van der Waals surface area contributed by atoms with E-state index in [2.05, 4.69) is 5.32 Å². The predicted molar refractivity (Wildman–Crippen MR) is 151 cm³/mol. The van der Waals surface area contributed by atoms with E-state index in [1.54, 1.807) is 0 Å². The van der Waals surface area contributed by atoms with E-state index < -0.39 is 98.7 Å². The molecule has 0 aliphatic carbocycles. The number of rotatable bonds is 24. The van der Waals surface area contributed by atoms with Gasteiger partial charge in [-0.3, -0.25) is 4.79 Å². The van der Waals surface area contributed by atoms with E-state index in [1.807, 2.05) is 0 Å². The van der Waals surface area contributed by atoms with Gasteiger partial charge in [0.25, 0.3) is 5.91 Å². The van der Waals surface area contributed by atoms with E-state index in [0.717, 1.165) is 6.07 Å². The molecule has 0 radical (unpaired) electrons. The van der Waals surface area contributed by atoms with Gasteiger partial charge in [0.2, 0.25) is 0 Å². The monoisotopic (exact) mass is 831 g/mol. The second-order valence-corrected chi connectivity index (χ2v) is 11.9. The Hall–Kier alpha value is -3.05. The van der Waals surface area contributed by atoms with Gasteiger partial charge in [-0.25, -0.2) is 0 Å². The van der Waals surface area contributed by atoms with E-state index in [-0.39, 0.29) is 68.8 Å². The fraction of sp³-hybridized carbons (Fsp3) is 0.767. The van der Waals surface area contributed by atoms with Crippen molar-refractivity contribution in [3.05, 3.63) is 23.8 Å². The summed E-state index contributed by atoms with van der Waals surface area (Å²) >= 11 is 0. The largest absolute Gasteiger partial charge is 0.490 e. The molecule has 0 saturated carbocycles. The molecule has 1 rings (SSSR count). The highest BCUT2D eigenvalue weighted by molar-refractivity contribution is 5.95. The molecule has 0 fully saturated rings. The van der Waals surface area contributed by atoms with E-state index in [0.29, 0.717) is 0 Å². The van der Waals surface area contributed by atoms with Crippen molar-refractivity contribution in [1.82, 2.24) is 5.32 Å². The maximum Gasteiger partial charge on any atom is 0.460 e. The molecular weight excluding hydrogens is 796 g/mol. The first kappa shape index (κ1) is 49.0. The van der Waals surface area contributed by atoms with Crippen LogP contribution in [0.15, 0.2) is 18.2 Å². The molecule has 1 aromatic rings. The van der Waals surface area contributed by atoms with Crippen LogP contribution in [0.1, 0.15) is 74.6 Å². The Morgan fingerprint density at radius 3 is 1.28 bits per heavy atom. The van der Waals surface area contributed by atoms with Crippen LogP contribution in [0.5, 0.6) is 11.5 Å². The van der Waals surface area contributed by atoms with Crippen LogP contribution >= 0.6 is 0 Å². The number of hydrogen-bond acceptors (Lipinski definition) is 5. The number of ether oxygens (including phenoxy) is 2. The van der Waals surface area contributed by atoms with E-state index >= 15 is 0 Å². The molecule has 0 heterocycles. The fourth-order valence-corrected chi connectivity index (χ4v) is 4.40. The van der Waals surface area contributed by atoms with Gasteiger partial charge in [0, 0.05) is 18.4 Å². The lowest BCUT2D eigenvalue weighted by Gasteiger charge is -2.33. The minimum Gasteiger partial charge on any atom is -0.490 e. The van der Waals surface area contributed by atoms with Crippen LogP contribution < -0.4 is 14.8 Å².